The Morgan fingerprint density at radius 1 is 1.15 bits per heavy atom. The van der Waals surface area contributed by atoms with Gasteiger partial charge in [-0.05, 0) is 31.9 Å². The minimum Gasteiger partial charge on any atom is -0.495 e. The van der Waals surface area contributed by atoms with Gasteiger partial charge in [0, 0.05) is 48.2 Å². The van der Waals surface area contributed by atoms with Crippen molar-refractivity contribution in [3.63, 3.8) is 0 Å². The smallest absolute Gasteiger partial charge is 0.233 e. The van der Waals surface area contributed by atoms with E-state index in [1.54, 1.807) is 43.8 Å². The van der Waals surface area contributed by atoms with Crippen LogP contribution in [-0.4, -0.2) is 69.4 Å². The summed E-state index contributed by atoms with van der Waals surface area (Å²) in [5, 5.41) is 0. The van der Waals surface area contributed by atoms with Crippen LogP contribution in [0.4, 0.5) is 5.82 Å². The number of hydrogen-bond acceptors (Lipinski definition) is 8. The van der Waals surface area contributed by atoms with E-state index in [1.807, 2.05) is 34.6 Å². The van der Waals surface area contributed by atoms with Gasteiger partial charge in [-0.2, -0.15) is 0 Å². The topological polar surface area (TPSA) is 125 Å². The van der Waals surface area contributed by atoms with Crippen LogP contribution in [0.25, 0.3) is 16.8 Å². The lowest BCUT2D eigenvalue weighted by molar-refractivity contribution is -0.169. The van der Waals surface area contributed by atoms with Crippen molar-refractivity contribution >= 4 is 23.0 Å². The van der Waals surface area contributed by atoms with Crippen molar-refractivity contribution in [1.82, 2.24) is 24.3 Å². The number of fused-ring (bicyclic) bond motifs is 1. The Labute approximate surface area is 232 Å². The van der Waals surface area contributed by atoms with Gasteiger partial charge < -0.3 is 20.1 Å². The van der Waals surface area contributed by atoms with Crippen LogP contribution in [0.1, 0.15) is 47.6 Å². The number of benzene rings is 1. The number of amides is 1. The average Bonchev–Trinajstić information content (AvgIpc) is 3.37. The third-order valence-corrected chi connectivity index (χ3v) is 7.90. The number of pyridine rings is 1. The van der Waals surface area contributed by atoms with Crippen molar-refractivity contribution in [2.75, 3.05) is 39.1 Å². The van der Waals surface area contributed by atoms with Crippen LogP contribution in [0.2, 0.25) is 0 Å². The van der Waals surface area contributed by atoms with Gasteiger partial charge >= 0.3 is 0 Å². The highest BCUT2D eigenvalue weighted by atomic mass is 16.5. The third kappa shape index (κ3) is 4.68. The van der Waals surface area contributed by atoms with Gasteiger partial charge in [-0.3, -0.25) is 19.0 Å². The molecule has 0 aliphatic carbocycles. The van der Waals surface area contributed by atoms with E-state index in [4.69, 9.17) is 20.2 Å². The first-order chi connectivity index (χ1) is 19.4. The summed E-state index contributed by atoms with van der Waals surface area (Å²) in [5.74, 6) is 2.07. The van der Waals surface area contributed by atoms with E-state index in [2.05, 4.69) is 9.97 Å². The Kier molecular flexibility index (Phi) is 6.71. The minimum atomic E-state index is -0.432. The number of rotatable bonds is 7. The summed E-state index contributed by atoms with van der Waals surface area (Å²) in [4.78, 5) is 41.8. The van der Waals surface area contributed by atoms with E-state index < -0.39 is 5.41 Å². The molecule has 3 aromatic heterocycles. The average molecular weight is 541 g/mol. The molecule has 2 N–H and O–H groups in total. The molecular formula is C30H32N6O4. The molecule has 206 valence electrons. The van der Waals surface area contributed by atoms with Gasteiger partial charge in [0.05, 0.1) is 38.4 Å². The van der Waals surface area contributed by atoms with Crippen LogP contribution in [0.5, 0.6) is 5.75 Å². The molecule has 0 spiro atoms. The number of anilines is 1. The van der Waals surface area contributed by atoms with Crippen molar-refractivity contribution in [3.05, 3.63) is 72.1 Å². The number of carbonyl (C=O) groups is 2. The number of hydrogen-bond donors (Lipinski definition) is 1. The van der Waals surface area contributed by atoms with Crippen LogP contribution in [0, 0.1) is 5.41 Å². The summed E-state index contributed by atoms with van der Waals surface area (Å²) in [6, 6.07) is 11.0. The molecular weight excluding hydrogens is 508 g/mol. The molecule has 2 aliphatic rings. The number of piperidine rings is 1. The SMILES string of the molecule is COc1ccc(CC(=O)c2ccc(-c3nc([C@@H]4CCCN(C(=O)C5(C)COC5)C4)n4ccnc(N)c34)cc2)nc1. The number of nitrogens with zero attached hydrogens (tertiary/aromatic N) is 5. The number of likely N-dealkylation sites (tertiary alicyclic amines) is 1. The number of methoxy groups -OCH3 is 1. The number of aromatic nitrogens is 4. The first kappa shape index (κ1) is 25.9. The molecule has 6 rings (SSSR count). The monoisotopic (exact) mass is 540 g/mol. The van der Waals surface area contributed by atoms with Crippen molar-refractivity contribution in [2.45, 2.75) is 32.1 Å². The molecule has 2 fully saturated rings. The van der Waals surface area contributed by atoms with E-state index in [-0.39, 0.29) is 24.0 Å². The normalized spacial score (nSPS) is 18.4. The van der Waals surface area contributed by atoms with Gasteiger partial charge in [0.15, 0.2) is 5.78 Å². The van der Waals surface area contributed by atoms with Gasteiger partial charge in [0.2, 0.25) is 5.91 Å². The first-order valence-electron chi connectivity index (χ1n) is 13.5. The lowest BCUT2D eigenvalue weighted by atomic mass is 9.85. The fraction of sp³-hybridized carbons (Fsp3) is 0.367. The fourth-order valence-electron chi connectivity index (χ4n) is 5.58. The predicted molar refractivity (Wildman–Crippen MR) is 149 cm³/mol. The number of Topliss-reactive ketones (excluding diaryl/α,β-unsaturated/α-hetero) is 1. The number of nitrogens with two attached hydrogens (primary N) is 1. The van der Waals surface area contributed by atoms with Crippen molar-refractivity contribution in [3.8, 4) is 17.0 Å². The van der Waals surface area contributed by atoms with Crippen molar-refractivity contribution in [2.24, 2.45) is 5.41 Å². The van der Waals surface area contributed by atoms with Gasteiger partial charge in [-0.1, -0.05) is 24.3 Å². The standard InChI is InChI=1S/C30H32N6O4/c1-30(17-40-18-30)29(38)35-12-3-4-21(16-35)28-34-25(26-27(31)32-11-13-36(26)28)20-7-5-19(6-8-20)24(37)14-22-9-10-23(39-2)15-33-22/h5-11,13,15,21H,3-4,12,14,16-18H2,1-2H3,(H2,31,32)/t21-/m1/s1. The molecule has 40 heavy (non-hydrogen) atoms. The molecule has 2 saturated heterocycles. The van der Waals surface area contributed by atoms with E-state index >= 15 is 0 Å². The molecule has 0 unspecified atom stereocenters. The minimum absolute atomic E-state index is 0.0293. The second kappa shape index (κ2) is 10.3. The Bertz CT molecular complexity index is 1560. The van der Waals surface area contributed by atoms with Gasteiger partial charge in [-0.25, -0.2) is 9.97 Å². The molecule has 0 radical (unpaired) electrons. The summed E-state index contributed by atoms with van der Waals surface area (Å²) in [5.41, 5.74) is 9.46. The zero-order valence-corrected chi connectivity index (χ0v) is 22.7. The summed E-state index contributed by atoms with van der Waals surface area (Å²) in [6.45, 7) is 4.26. The molecule has 5 heterocycles. The maximum Gasteiger partial charge on any atom is 0.233 e. The van der Waals surface area contributed by atoms with E-state index in [9.17, 15) is 9.59 Å². The van der Waals surface area contributed by atoms with Crippen LogP contribution in [0.3, 0.4) is 0 Å². The lowest BCUT2D eigenvalue weighted by Gasteiger charge is -2.42. The number of ether oxygens (including phenoxy) is 2. The highest BCUT2D eigenvalue weighted by molar-refractivity contribution is 5.98. The van der Waals surface area contributed by atoms with E-state index in [0.717, 1.165) is 36.3 Å². The zero-order valence-electron chi connectivity index (χ0n) is 22.7. The largest absolute Gasteiger partial charge is 0.495 e. The van der Waals surface area contributed by atoms with Crippen LogP contribution in [0.15, 0.2) is 55.0 Å². The number of ketones is 1. The Hall–Kier alpha value is -4.31. The van der Waals surface area contributed by atoms with E-state index in [1.165, 1.54) is 0 Å². The van der Waals surface area contributed by atoms with Crippen LogP contribution >= 0.6 is 0 Å². The molecule has 2 aliphatic heterocycles. The van der Waals surface area contributed by atoms with Gasteiger partial charge in [0.25, 0.3) is 0 Å². The highest BCUT2D eigenvalue weighted by Gasteiger charge is 2.44. The third-order valence-electron chi connectivity index (χ3n) is 7.90. The zero-order chi connectivity index (χ0) is 27.9. The molecule has 1 aromatic carbocycles. The molecule has 0 saturated carbocycles. The fourth-order valence-corrected chi connectivity index (χ4v) is 5.58. The van der Waals surface area contributed by atoms with Crippen LogP contribution < -0.4 is 10.5 Å². The second-order valence-electron chi connectivity index (χ2n) is 10.9. The highest BCUT2D eigenvalue weighted by Crippen LogP contribution is 2.36. The van der Waals surface area contributed by atoms with Crippen molar-refractivity contribution < 1.29 is 19.1 Å². The molecule has 4 aromatic rings. The first-order valence-corrected chi connectivity index (χ1v) is 13.5. The predicted octanol–water partition coefficient (Wildman–Crippen LogP) is 3.55. The second-order valence-corrected chi connectivity index (χ2v) is 10.9. The molecule has 10 heteroatoms. The quantitative estimate of drug-likeness (QED) is 0.353. The Balaban J connectivity index is 1.26. The Morgan fingerprint density at radius 2 is 1.95 bits per heavy atom. The number of imidazole rings is 1. The molecule has 1 amide bonds. The lowest BCUT2D eigenvalue weighted by Crippen LogP contribution is -2.55. The Morgan fingerprint density at radius 3 is 2.62 bits per heavy atom. The summed E-state index contributed by atoms with van der Waals surface area (Å²) >= 11 is 0. The van der Waals surface area contributed by atoms with Gasteiger partial charge in [0.1, 0.15) is 28.6 Å². The molecule has 1 atom stereocenters. The number of carbonyl (C=O) groups excluding carboxylic acids is 2. The van der Waals surface area contributed by atoms with Crippen molar-refractivity contribution in [1.29, 1.82) is 0 Å². The molecule has 10 nitrogen and oxygen atoms in total. The van der Waals surface area contributed by atoms with Crippen LogP contribution in [-0.2, 0) is 16.0 Å². The molecule has 0 bridgehead atoms. The maximum absolute atomic E-state index is 13.2. The summed E-state index contributed by atoms with van der Waals surface area (Å²) in [6.07, 6.45) is 7.17. The number of nitrogen functional groups attached to an aromatic ring is 1. The summed E-state index contributed by atoms with van der Waals surface area (Å²) in [7, 11) is 1.58. The maximum atomic E-state index is 13.2. The van der Waals surface area contributed by atoms with Gasteiger partial charge in [-0.15, -0.1) is 0 Å². The summed E-state index contributed by atoms with van der Waals surface area (Å²) < 4.78 is 12.5. The van der Waals surface area contributed by atoms with E-state index in [0.29, 0.717) is 48.3 Å².